The Morgan fingerprint density at radius 2 is 2.04 bits per heavy atom. The molecule has 5 heteroatoms. The van der Waals surface area contributed by atoms with E-state index in [-0.39, 0.29) is 6.03 Å². The average Bonchev–Trinajstić information content (AvgIpc) is 2.59. The molecule has 5 nitrogen and oxygen atoms in total. The molecule has 0 spiro atoms. The predicted molar refractivity (Wildman–Crippen MR) is 96.8 cm³/mol. The highest BCUT2D eigenvalue weighted by Gasteiger charge is 2.21. The Labute approximate surface area is 145 Å². The Morgan fingerprint density at radius 1 is 1.29 bits per heavy atom. The van der Waals surface area contributed by atoms with E-state index < -0.39 is 0 Å². The molecular formula is C19H31N3O2. The number of urea groups is 1. The highest BCUT2D eigenvalue weighted by atomic mass is 16.5. The molecule has 1 heterocycles. The summed E-state index contributed by atoms with van der Waals surface area (Å²) in [6.07, 6.45) is 2.41. The van der Waals surface area contributed by atoms with Gasteiger partial charge in [0.05, 0.1) is 6.61 Å². The van der Waals surface area contributed by atoms with Crippen molar-refractivity contribution in [1.82, 2.24) is 15.5 Å². The normalized spacial score (nSPS) is 18.6. The first-order chi connectivity index (χ1) is 11.6. The van der Waals surface area contributed by atoms with Gasteiger partial charge in [0, 0.05) is 32.8 Å². The molecular weight excluding hydrogens is 302 g/mol. The highest BCUT2D eigenvalue weighted by molar-refractivity contribution is 5.73. The number of methoxy groups -OCH3 is 1. The van der Waals surface area contributed by atoms with Gasteiger partial charge in [-0.2, -0.15) is 0 Å². The summed E-state index contributed by atoms with van der Waals surface area (Å²) < 4.78 is 5.20. The zero-order chi connectivity index (χ0) is 17.4. The Morgan fingerprint density at radius 3 is 2.75 bits per heavy atom. The molecule has 134 valence electrons. The number of amides is 2. The first-order valence-electron chi connectivity index (χ1n) is 8.91. The van der Waals surface area contributed by atoms with Crippen molar-refractivity contribution >= 4 is 6.03 Å². The van der Waals surface area contributed by atoms with E-state index in [0.29, 0.717) is 25.1 Å². The topological polar surface area (TPSA) is 53.6 Å². The maximum Gasteiger partial charge on any atom is 0.315 e. The predicted octanol–water partition coefficient (Wildman–Crippen LogP) is 2.75. The standard InChI is InChI=1S/C19H31N3O2/c1-15(2)22-10-6-7-16(13-22)11-20-19(23)21-12-17-8-4-5-9-18(17)14-24-3/h4-5,8-9,15-16H,6-7,10-14H2,1-3H3,(H2,20,21,23). The zero-order valence-electron chi connectivity index (χ0n) is 15.2. The number of carbonyl (C=O) groups excluding carboxylic acids is 1. The van der Waals surface area contributed by atoms with E-state index >= 15 is 0 Å². The van der Waals surface area contributed by atoms with Crippen molar-refractivity contribution in [3.63, 3.8) is 0 Å². The number of nitrogens with zero attached hydrogens (tertiary/aromatic N) is 1. The van der Waals surface area contributed by atoms with Gasteiger partial charge in [-0.3, -0.25) is 0 Å². The third kappa shape index (κ3) is 5.80. The van der Waals surface area contributed by atoms with E-state index in [9.17, 15) is 4.79 Å². The molecule has 0 aromatic heterocycles. The number of likely N-dealkylation sites (tertiary alicyclic amines) is 1. The molecule has 0 bridgehead atoms. The molecule has 24 heavy (non-hydrogen) atoms. The van der Waals surface area contributed by atoms with Crippen LogP contribution < -0.4 is 10.6 Å². The van der Waals surface area contributed by atoms with Crippen molar-refractivity contribution in [3.05, 3.63) is 35.4 Å². The number of rotatable bonds is 7. The fourth-order valence-corrected chi connectivity index (χ4v) is 3.23. The first-order valence-corrected chi connectivity index (χ1v) is 8.91. The average molecular weight is 333 g/mol. The van der Waals surface area contributed by atoms with Crippen LogP contribution in [-0.4, -0.2) is 43.7 Å². The van der Waals surface area contributed by atoms with Crippen molar-refractivity contribution in [2.24, 2.45) is 5.92 Å². The molecule has 1 fully saturated rings. The largest absolute Gasteiger partial charge is 0.380 e. The van der Waals surface area contributed by atoms with Crippen LogP contribution in [0.1, 0.15) is 37.8 Å². The molecule has 2 amide bonds. The van der Waals surface area contributed by atoms with Gasteiger partial charge in [-0.25, -0.2) is 4.79 Å². The van der Waals surface area contributed by atoms with Gasteiger partial charge in [-0.1, -0.05) is 24.3 Å². The van der Waals surface area contributed by atoms with Gasteiger partial charge in [-0.15, -0.1) is 0 Å². The zero-order valence-corrected chi connectivity index (χ0v) is 15.2. The van der Waals surface area contributed by atoms with Gasteiger partial charge >= 0.3 is 6.03 Å². The highest BCUT2D eigenvalue weighted by Crippen LogP contribution is 2.17. The molecule has 0 saturated carbocycles. The van der Waals surface area contributed by atoms with Gasteiger partial charge in [0.15, 0.2) is 0 Å². The van der Waals surface area contributed by atoms with Crippen LogP contribution in [0.3, 0.4) is 0 Å². The summed E-state index contributed by atoms with van der Waals surface area (Å²) in [7, 11) is 1.68. The minimum atomic E-state index is -0.0936. The van der Waals surface area contributed by atoms with Crippen LogP contribution in [0.4, 0.5) is 4.79 Å². The van der Waals surface area contributed by atoms with E-state index in [4.69, 9.17) is 4.74 Å². The quantitative estimate of drug-likeness (QED) is 0.807. The summed E-state index contributed by atoms with van der Waals surface area (Å²) >= 11 is 0. The third-order valence-electron chi connectivity index (χ3n) is 4.69. The van der Waals surface area contributed by atoms with Crippen molar-refractivity contribution in [3.8, 4) is 0 Å². The minimum Gasteiger partial charge on any atom is -0.380 e. The van der Waals surface area contributed by atoms with Crippen molar-refractivity contribution < 1.29 is 9.53 Å². The minimum absolute atomic E-state index is 0.0936. The van der Waals surface area contributed by atoms with E-state index in [0.717, 1.165) is 24.2 Å². The molecule has 0 aliphatic carbocycles. The molecule has 1 aliphatic rings. The molecule has 2 rings (SSSR count). The lowest BCUT2D eigenvalue weighted by atomic mass is 9.97. The smallest absolute Gasteiger partial charge is 0.315 e. The van der Waals surface area contributed by atoms with Crippen LogP contribution in [0.2, 0.25) is 0 Å². The fourth-order valence-electron chi connectivity index (χ4n) is 3.23. The van der Waals surface area contributed by atoms with Crippen molar-refractivity contribution in [2.45, 2.75) is 45.9 Å². The number of carbonyl (C=O) groups is 1. The maximum absolute atomic E-state index is 12.1. The van der Waals surface area contributed by atoms with Gasteiger partial charge in [0.2, 0.25) is 0 Å². The van der Waals surface area contributed by atoms with Crippen molar-refractivity contribution in [2.75, 3.05) is 26.7 Å². The molecule has 1 aromatic rings. The second kappa shape index (κ2) is 9.64. The summed E-state index contributed by atoms with van der Waals surface area (Å²) in [5.41, 5.74) is 2.21. The summed E-state index contributed by atoms with van der Waals surface area (Å²) in [5.74, 6) is 0.549. The lowest BCUT2D eigenvalue weighted by Gasteiger charge is -2.35. The van der Waals surface area contributed by atoms with E-state index in [1.54, 1.807) is 7.11 Å². The third-order valence-corrected chi connectivity index (χ3v) is 4.69. The summed E-state index contributed by atoms with van der Waals surface area (Å²) in [6, 6.07) is 8.51. The SMILES string of the molecule is COCc1ccccc1CNC(=O)NCC1CCCN(C(C)C)C1. The second-order valence-corrected chi connectivity index (χ2v) is 6.86. The molecule has 1 atom stereocenters. The van der Waals surface area contributed by atoms with E-state index in [1.807, 2.05) is 24.3 Å². The first kappa shape index (κ1) is 18.7. The van der Waals surface area contributed by atoms with Crippen LogP contribution in [0, 0.1) is 5.92 Å². The Balaban J connectivity index is 1.74. The summed E-state index contributed by atoms with van der Waals surface area (Å²) in [5, 5.41) is 5.98. The van der Waals surface area contributed by atoms with Crippen LogP contribution in [0.5, 0.6) is 0 Å². The number of hydrogen-bond acceptors (Lipinski definition) is 3. The molecule has 2 N–H and O–H groups in total. The maximum atomic E-state index is 12.1. The molecule has 1 saturated heterocycles. The Hall–Kier alpha value is -1.59. The molecule has 0 radical (unpaired) electrons. The Bertz CT molecular complexity index is 519. The number of hydrogen-bond donors (Lipinski definition) is 2. The fraction of sp³-hybridized carbons (Fsp3) is 0.632. The molecule has 1 aromatic carbocycles. The molecule has 1 unspecified atom stereocenters. The molecule has 1 aliphatic heterocycles. The van der Waals surface area contributed by atoms with E-state index in [2.05, 4.69) is 29.4 Å². The monoisotopic (exact) mass is 333 g/mol. The number of nitrogens with one attached hydrogen (secondary N) is 2. The lowest BCUT2D eigenvalue weighted by molar-refractivity contribution is 0.139. The van der Waals surface area contributed by atoms with Crippen LogP contribution >= 0.6 is 0 Å². The number of piperidine rings is 1. The van der Waals surface area contributed by atoms with E-state index in [1.165, 1.54) is 19.4 Å². The van der Waals surface area contributed by atoms with Gasteiger partial charge < -0.3 is 20.3 Å². The van der Waals surface area contributed by atoms with Crippen LogP contribution in [0.15, 0.2) is 24.3 Å². The summed E-state index contributed by atoms with van der Waals surface area (Å²) in [6.45, 7) is 8.56. The van der Waals surface area contributed by atoms with Gasteiger partial charge in [-0.05, 0) is 50.3 Å². The van der Waals surface area contributed by atoms with Crippen LogP contribution in [0.25, 0.3) is 0 Å². The summed E-state index contributed by atoms with van der Waals surface area (Å²) in [4.78, 5) is 14.6. The lowest BCUT2D eigenvalue weighted by Crippen LogP contribution is -2.45. The van der Waals surface area contributed by atoms with Crippen LogP contribution in [-0.2, 0) is 17.9 Å². The van der Waals surface area contributed by atoms with Crippen molar-refractivity contribution in [1.29, 1.82) is 0 Å². The van der Waals surface area contributed by atoms with Gasteiger partial charge in [0.1, 0.15) is 0 Å². The van der Waals surface area contributed by atoms with Gasteiger partial charge in [0.25, 0.3) is 0 Å². The second-order valence-electron chi connectivity index (χ2n) is 6.86. The number of ether oxygens (including phenoxy) is 1. The number of benzene rings is 1. The Kier molecular flexibility index (Phi) is 7.53.